The first-order valence-electron chi connectivity index (χ1n) is 8.38. The summed E-state index contributed by atoms with van der Waals surface area (Å²) in [4.78, 5) is 0. The van der Waals surface area contributed by atoms with Crippen molar-refractivity contribution in [2.75, 3.05) is 5.32 Å². The average Bonchev–Trinajstić information content (AvgIpc) is 3.17. The molecule has 0 aliphatic heterocycles. The van der Waals surface area contributed by atoms with E-state index in [4.69, 9.17) is 16.3 Å². The zero-order chi connectivity index (χ0) is 18.5. The number of ether oxygens (including phenoxy) is 1. The van der Waals surface area contributed by atoms with Crippen molar-refractivity contribution in [2.45, 2.75) is 6.54 Å². The van der Waals surface area contributed by atoms with Crippen molar-refractivity contribution in [2.24, 2.45) is 0 Å². The number of aromatic nitrogens is 4. The van der Waals surface area contributed by atoms with Crippen LogP contribution in [0.4, 0.5) is 5.69 Å². The zero-order valence-corrected chi connectivity index (χ0v) is 15.0. The van der Waals surface area contributed by atoms with Gasteiger partial charge in [0.15, 0.2) is 0 Å². The van der Waals surface area contributed by atoms with Gasteiger partial charge in [0.25, 0.3) is 0 Å². The Morgan fingerprint density at radius 3 is 2.37 bits per heavy atom. The Morgan fingerprint density at radius 1 is 0.889 bits per heavy atom. The molecule has 0 amide bonds. The van der Waals surface area contributed by atoms with Crippen LogP contribution in [-0.2, 0) is 6.54 Å². The molecule has 0 unspecified atom stereocenters. The average molecular weight is 378 g/mol. The molecule has 0 saturated heterocycles. The Morgan fingerprint density at radius 2 is 1.63 bits per heavy atom. The highest BCUT2D eigenvalue weighted by Gasteiger charge is 2.10. The van der Waals surface area contributed by atoms with Crippen LogP contribution in [0.25, 0.3) is 5.69 Å². The molecule has 6 nitrogen and oxygen atoms in total. The van der Waals surface area contributed by atoms with Crippen LogP contribution >= 0.6 is 11.6 Å². The van der Waals surface area contributed by atoms with Crippen LogP contribution < -0.4 is 10.1 Å². The van der Waals surface area contributed by atoms with Crippen LogP contribution in [0.2, 0.25) is 5.02 Å². The normalized spacial score (nSPS) is 10.6. The van der Waals surface area contributed by atoms with E-state index in [1.54, 1.807) is 4.68 Å². The molecule has 0 radical (unpaired) electrons. The fourth-order valence-corrected chi connectivity index (χ4v) is 2.65. The monoisotopic (exact) mass is 377 g/mol. The summed E-state index contributed by atoms with van der Waals surface area (Å²) in [6, 6.07) is 25.3. The van der Waals surface area contributed by atoms with E-state index in [9.17, 15) is 0 Å². The van der Waals surface area contributed by atoms with E-state index in [2.05, 4.69) is 20.8 Å². The molecule has 0 aliphatic rings. The topological polar surface area (TPSA) is 64.9 Å². The quantitative estimate of drug-likeness (QED) is 0.526. The number of hydrogen-bond donors (Lipinski definition) is 1. The second-order valence-corrected chi connectivity index (χ2v) is 6.25. The first kappa shape index (κ1) is 17.1. The van der Waals surface area contributed by atoms with Crippen LogP contribution in [0.5, 0.6) is 11.8 Å². The second kappa shape index (κ2) is 7.88. The lowest BCUT2D eigenvalue weighted by Gasteiger charge is -2.08. The van der Waals surface area contributed by atoms with Gasteiger partial charge < -0.3 is 10.1 Å². The Labute approximate surface area is 161 Å². The van der Waals surface area contributed by atoms with Gasteiger partial charge in [-0.15, -0.1) is 0 Å². The van der Waals surface area contributed by atoms with Crippen LogP contribution in [0.15, 0.2) is 78.9 Å². The van der Waals surface area contributed by atoms with Crippen LogP contribution in [0, 0.1) is 0 Å². The van der Waals surface area contributed by atoms with Gasteiger partial charge in [0.05, 0.1) is 5.69 Å². The van der Waals surface area contributed by atoms with Crippen LogP contribution in [0.1, 0.15) is 5.56 Å². The molecule has 1 heterocycles. The van der Waals surface area contributed by atoms with E-state index in [1.165, 1.54) is 0 Å². The third-order valence-electron chi connectivity index (χ3n) is 3.92. The van der Waals surface area contributed by atoms with Crippen molar-refractivity contribution in [3.63, 3.8) is 0 Å². The maximum atomic E-state index is 5.90. The number of tetrazole rings is 1. The van der Waals surface area contributed by atoms with Crippen LogP contribution in [0.3, 0.4) is 0 Å². The smallest absolute Gasteiger partial charge is 0.345 e. The number of nitrogens with zero attached hydrogens (tertiary/aromatic N) is 4. The van der Waals surface area contributed by atoms with E-state index in [1.807, 2.05) is 78.9 Å². The Bertz CT molecular complexity index is 1000. The summed E-state index contributed by atoms with van der Waals surface area (Å²) in [5.74, 6) is 0.664. The number of benzene rings is 3. The number of anilines is 1. The Balaban J connectivity index is 1.41. The van der Waals surface area contributed by atoms with E-state index in [-0.39, 0.29) is 0 Å². The first-order chi connectivity index (χ1) is 13.3. The van der Waals surface area contributed by atoms with Crippen LogP contribution in [-0.4, -0.2) is 20.2 Å². The molecule has 1 aromatic heterocycles. The Kier molecular flexibility index (Phi) is 4.98. The molecule has 0 atom stereocenters. The van der Waals surface area contributed by atoms with Crippen molar-refractivity contribution in [3.05, 3.63) is 89.4 Å². The van der Waals surface area contributed by atoms with Crippen molar-refractivity contribution < 1.29 is 4.74 Å². The lowest BCUT2D eigenvalue weighted by atomic mass is 10.2. The summed E-state index contributed by atoms with van der Waals surface area (Å²) >= 11 is 5.90. The molecule has 3 aromatic carbocycles. The molecular formula is C20H16ClN5O. The number of nitrogens with one attached hydrogen (secondary N) is 1. The minimum Gasteiger partial charge on any atom is -0.423 e. The van der Waals surface area contributed by atoms with Gasteiger partial charge >= 0.3 is 6.01 Å². The number of halogens is 1. The lowest BCUT2D eigenvalue weighted by Crippen LogP contribution is -2.01. The van der Waals surface area contributed by atoms with Gasteiger partial charge in [-0.25, -0.2) is 0 Å². The summed E-state index contributed by atoms with van der Waals surface area (Å²) in [6.07, 6.45) is 0. The van der Waals surface area contributed by atoms with Gasteiger partial charge in [0.1, 0.15) is 5.75 Å². The molecule has 0 spiro atoms. The predicted molar refractivity (Wildman–Crippen MR) is 104 cm³/mol. The molecule has 0 aliphatic carbocycles. The largest absolute Gasteiger partial charge is 0.423 e. The van der Waals surface area contributed by atoms with Crippen molar-refractivity contribution in [1.29, 1.82) is 0 Å². The van der Waals surface area contributed by atoms with Crippen molar-refractivity contribution in [1.82, 2.24) is 20.2 Å². The van der Waals surface area contributed by atoms with E-state index < -0.39 is 0 Å². The maximum Gasteiger partial charge on any atom is 0.345 e. The van der Waals surface area contributed by atoms with Gasteiger partial charge in [-0.1, -0.05) is 47.0 Å². The van der Waals surface area contributed by atoms with Gasteiger partial charge in [0.2, 0.25) is 0 Å². The van der Waals surface area contributed by atoms with Gasteiger partial charge in [-0.05, 0) is 64.5 Å². The summed E-state index contributed by atoms with van der Waals surface area (Å²) in [5, 5.41) is 15.7. The summed E-state index contributed by atoms with van der Waals surface area (Å²) in [7, 11) is 0. The molecule has 4 aromatic rings. The first-order valence-corrected chi connectivity index (χ1v) is 8.76. The zero-order valence-electron chi connectivity index (χ0n) is 14.3. The molecule has 0 saturated carbocycles. The van der Waals surface area contributed by atoms with Crippen molar-refractivity contribution in [3.8, 4) is 17.4 Å². The third-order valence-corrected chi connectivity index (χ3v) is 4.17. The predicted octanol–water partition coefficient (Wildman–Crippen LogP) is 4.72. The molecular weight excluding hydrogens is 362 g/mol. The van der Waals surface area contributed by atoms with E-state index in [0.29, 0.717) is 18.3 Å². The molecule has 1 N–H and O–H groups in total. The van der Waals surface area contributed by atoms with Gasteiger partial charge in [-0.2, -0.15) is 4.68 Å². The number of hydrogen-bond acceptors (Lipinski definition) is 5. The SMILES string of the molecule is Clc1ccc(NCc2ccc(Oc3nnnn3-c3ccccc3)cc2)cc1. The fraction of sp³-hybridized carbons (Fsp3) is 0.0500. The number of rotatable bonds is 6. The molecule has 0 bridgehead atoms. The highest BCUT2D eigenvalue weighted by molar-refractivity contribution is 6.30. The van der Waals surface area contributed by atoms with Gasteiger partial charge in [0, 0.05) is 17.3 Å². The molecule has 7 heteroatoms. The fourth-order valence-electron chi connectivity index (χ4n) is 2.53. The standard InChI is InChI=1S/C20H16ClN5O/c21-16-8-10-17(11-9-16)22-14-15-6-12-19(13-7-15)27-20-23-24-25-26(20)18-4-2-1-3-5-18/h1-13,22H,14H2. The third kappa shape index (κ3) is 4.24. The van der Waals surface area contributed by atoms with Crippen molar-refractivity contribution >= 4 is 17.3 Å². The summed E-state index contributed by atoms with van der Waals surface area (Å²) in [5.41, 5.74) is 2.97. The second-order valence-electron chi connectivity index (χ2n) is 5.82. The van der Waals surface area contributed by atoms with E-state index in [0.717, 1.165) is 22.0 Å². The lowest BCUT2D eigenvalue weighted by molar-refractivity contribution is 0.427. The number of para-hydroxylation sites is 1. The molecule has 4 rings (SSSR count). The molecule has 0 fully saturated rings. The minimum absolute atomic E-state index is 0.313. The highest BCUT2D eigenvalue weighted by atomic mass is 35.5. The maximum absolute atomic E-state index is 5.90. The molecule has 27 heavy (non-hydrogen) atoms. The van der Waals surface area contributed by atoms with E-state index >= 15 is 0 Å². The Hall–Kier alpha value is -3.38. The summed E-state index contributed by atoms with van der Waals surface area (Å²) in [6.45, 7) is 0.698. The van der Waals surface area contributed by atoms with Gasteiger partial charge in [-0.3, -0.25) is 0 Å². The minimum atomic E-state index is 0.313. The molecule has 134 valence electrons. The summed E-state index contributed by atoms with van der Waals surface area (Å²) < 4.78 is 7.38. The highest BCUT2D eigenvalue weighted by Crippen LogP contribution is 2.22.